The van der Waals surface area contributed by atoms with E-state index >= 15 is 0 Å². The van der Waals surface area contributed by atoms with E-state index < -0.39 is 0 Å². The molecule has 0 saturated carbocycles. The van der Waals surface area contributed by atoms with Gasteiger partial charge >= 0.3 is 0 Å². The van der Waals surface area contributed by atoms with Gasteiger partial charge in [-0.05, 0) is 20.8 Å². The second kappa shape index (κ2) is 4.82. The zero-order valence-corrected chi connectivity index (χ0v) is 10.5. The number of nitrogens with zero attached hydrogens (tertiary/aromatic N) is 1. The van der Waals surface area contributed by atoms with Crippen LogP contribution in [0.5, 0.6) is 0 Å². The predicted molar refractivity (Wildman–Crippen MR) is 61.9 cm³/mol. The molecule has 1 aliphatic heterocycles. The van der Waals surface area contributed by atoms with E-state index in [1.807, 2.05) is 20.8 Å². The summed E-state index contributed by atoms with van der Waals surface area (Å²) in [5.41, 5.74) is -0.267. The number of piperazine rings is 1. The monoisotopic (exact) mass is 227 g/mol. The molecule has 0 aromatic rings. The molecular formula is C11H21N3O2. The Labute approximate surface area is 96.6 Å². The number of carbonyl (C=O) groups excluding carboxylic acids is 2. The molecule has 0 radical (unpaired) electrons. The Morgan fingerprint density at radius 3 is 2.50 bits per heavy atom. The van der Waals surface area contributed by atoms with Crippen LogP contribution in [-0.4, -0.2) is 47.9 Å². The Morgan fingerprint density at radius 1 is 1.38 bits per heavy atom. The molecule has 1 unspecified atom stereocenters. The third-order valence-corrected chi connectivity index (χ3v) is 2.45. The summed E-state index contributed by atoms with van der Waals surface area (Å²) < 4.78 is 0. The molecule has 0 aromatic heterocycles. The maximum Gasteiger partial charge on any atom is 0.244 e. The molecular weight excluding hydrogens is 206 g/mol. The Balaban J connectivity index is 2.68. The lowest BCUT2D eigenvalue weighted by atomic mass is 10.1. The molecule has 5 heteroatoms. The predicted octanol–water partition coefficient (Wildman–Crippen LogP) is -0.279. The first-order valence-corrected chi connectivity index (χ1v) is 5.61. The molecule has 1 saturated heterocycles. The van der Waals surface area contributed by atoms with E-state index in [4.69, 9.17) is 0 Å². The lowest BCUT2D eigenvalue weighted by Crippen LogP contribution is -2.61. The number of amides is 2. The van der Waals surface area contributed by atoms with Crippen molar-refractivity contribution < 1.29 is 9.59 Å². The molecule has 1 heterocycles. The van der Waals surface area contributed by atoms with Gasteiger partial charge in [-0.15, -0.1) is 0 Å². The molecule has 1 aliphatic rings. The Morgan fingerprint density at radius 2 is 2.00 bits per heavy atom. The largest absolute Gasteiger partial charge is 0.350 e. The van der Waals surface area contributed by atoms with Crippen molar-refractivity contribution in [3.05, 3.63) is 0 Å². The van der Waals surface area contributed by atoms with Gasteiger partial charge in [0.25, 0.3) is 0 Å². The van der Waals surface area contributed by atoms with Crippen LogP contribution in [0.4, 0.5) is 0 Å². The lowest BCUT2D eigenvalue weighted by Gasteiger charge is -2.36. The first-order valence-electron chi connectivity index (χ1n) is 5.61. The number of rotatable bonds is 1. The third-order valence-electron chi connectivity index (χ3n) is 2.45. The number of carbonyl (C=O) groups is 2. The second-order valence-electron chi connectivity index (χ2n) is 5.17. The average Bonchev–Trinajstić information content (AvgIpc) is 2.15. The molecule has 0 aliphatic carbocycles. The summed E-state index contributed by atoms with van der Waals surface area (Å²) >= 11 is 0. The number of nitrogens with one attached hydrogen (secondary N) is 2. The van der Waals surface area contributed by atoms with Crippen LogP contribution >= 0.6 is 0 Å². The molecule has 1 fully saturated rings. The molecule has 0 spiro atoms. The minimum absolute atomic E-state index is 0.0458. The van der Waals surface area contributed by atoms with Crippen molar-refractivity contribution in [1.29, 1.82) is 0 Å². The van der Waals surface area contributed by atoms with E-state index in [1.54, 1.807) is 4.90 Å². The lowest BCUT2D eigenvalue weighted by molar-refractivity contribution is -0.140. The van der Waals surface area contributed by atoms with Gasteiger partial charge in [0.15, 0.2) is 0 Å². The molecule has 1 atom stereocenters. The smallest absolute Gasteiger partial charge is 0.244 e. The number of hydrogen-bond acceptors (Lipinski definition) is 3. The molecule has 2 amide bonds. The van der Waals surface area contributed by atoms with Crippen LogP contribution in [0.3, 0.4) is 0 Å². The van der Waals surface area contributed by atoms with Crippen LogP contribution in [0, 0.1) is 0 Å². The van der Waals surface area contributed by atoms with Gasteiger partial charge in [-0.3, -0.25) is 9.59 Å². The highest BCUT2D eigenvalue weighted by atomic mass is 16.2. The van der Waals surface area contributed by atoms with Gasteiger partial charge < -0.3 is 15.5 Å². The second-order valence-corrected chi connectivity index (χ2v) is 5.17. The molecule has 2 N–H and O–H groups in total. The van der Waals surface area contributed by atoms with Crippen molar-refractivity contribution in [2.75, 3.05) is 19.6 Å². The van der Waals surface area contributed by atoms with Crippen LogP contribution in [0.15, 0.2) is 0 Å². The molecule has 1 rings (SSSR count). The maximum absolute atomic E-state index is 12.0. The average molecular weight is 227 g/mol. The van der Waals surface area contributed by atoms with Crippen molar-refractivity contribution in [3.8, 4) is 0 Å². The van der Waals surface area contributed by atoms with Crippen molar-refractivity contribution >= 4 is 11.8 Å². The van der Waals surface area contributed by atoms with Crippen LogP contribution in [0.2, 0.25) is 0 Å². The first-order chi connectivity index (χ1) is 7.31. The number of hydrogen-bond donors (Lipinski definition) is 2. The Hall–Kier alpha value is -1.10. The van der Waals surface area contributed by atoms with Gasteiger partial charge in [0, 0.05) is 32.1 Å². The first kappa shape index (κ1) is 13.0. The summed E-state index contributed by atoms with van der Waals surface area (Å²) in [6, 6.07) is -0.384. The van der Waals surface area contributed by atoms with Crippen LogP contribution in [0.25, 0.3) is 0 Å². The fourth-order valence-corrected chi connectivity index (χ4v) is 1.77. The molecule has 16 heavy (non-hydrogen) atoms. The third kappa shape index (κ3) is 3.48. The zero-order valence-electron chi connectivity index (χ0n) is 10.5. The molecule has 92 valence electrons. The van der Waals surface area contributed by atoms with Crippen molar-refractivity contribution in [2.24, 2.45) is 0 Å². The summed E-state index contributed by atoms with van der Waals surface area (Å²) in [7, 11) is 0. The van der Waals surface area contributed by atoms with Gasteiger partial charge in [-0.2, -0.15) is 0 Å². The normalized spacial score (nSPS) is 21.8. The highest BCUT2D eigenvalue weighted by Crippen LogP contribution is 2.07. The van der Waals surface area contributed by atoms with Crippen molar-refractivity contribution in [2.45, 2.75) is 39.3 Å². The fourth-order valence-electron chi connectivity index (χ4n) is 1.77. The van der Waals surface area contributed by atoms with Gasteiger partial charge in [0.2, 0.25) is 11.8 Å². The molecule has 0 aromatic carbocycles. The molecule has 5 nitrogen and oxygen atoms in total. The van der Waals surface area contributed by atoms with Gasteiger partial charge in [-0.1, -0.05) is 0 Å². The quantitative estimate of drug-likeness (QED) is 0.648. The minimum Gasteiger partial charge on any atom is -0.350 e. The Bertz CT molecular complexity index is 283. The summed E-state index contributed by atoms with van der Waals surface area (Å²) in [6.45, 7) is 9.17. The van der Waals surface area contributed by atoms with Gasteiger partial charge in [0.05, 0.1) is 0 Å². The van der Waals surface area contributed by atoms with Crippen LogP contribution < -0.4 is 10.6 Å². The topological polar surface area (TPSA) is 61.4 Å². The van der Waals surface area contributed by atoms with Crippen LogP contribution in [0.1, 0.15) is 27.7 Å². The SMILES string of the molecule is CC(=O)N1CCNCC1C(=O)NC(C)(C)C. The minimum atomic E-state index is -0.384. The van der Waals surface area contributed by atoms with E-state index in [2.05, 4.69) is 10.6 Å². The van der Waals surface area contributed by atoms with E-state index in [0.717, 1.165) is 6.54 Å². The van der Waals surface area contributed by atoms with E-state index in [9.17, 15) is 9.59 Å². The van der Waals surface area contributed by atoms with Crippen LogP contribution in [-0.2, 0) is 9.59 Å². The zero-order chi connectivity index (χ0) is 12.3. The van der Waals surface area contributed by atoms with E-state index in [1.165, 1.54) is 6.92 Å². The standard InChI is InChI=1S/C11H21N3O2/c1-8(15)14-6-5-12-7-9(14)10(16)13-11(2,3)4/h9,12H,5-7H2,1-4H3,(H,13,16). The van der Waals surface area contributed by atoms with Crippen molar-refractivity contribution in [3.63, 3.8) is 0 Å². The highest BCUT2D eigenvalue weighted by molar-refractivity contribution is 5.87. The van der Waals surface area contributed by atoms with E-state index in [0.29, 0.717) is 13.1 Å². The fraction of sp³-hybridized carbons (Fsp3) is 0.818. The summed E-state index contributed by atoms with van der Waals surface area (Å²) in [5, 5.41) is 6.03. The van der Waals surface area contributed by atoms with Gasteiger partial charge in [0.1, 0.15) is 6.04 Å². The molecule has 0 bridgehead atoms. The Kier molecular flexibility index (Phi) is 3.91. The van der Waals surface area contributed by atoms with Crippen molar-refractivity contribution in [1.82, 2.24) is 15.5 Å². The highest BCUT2D eigenvalue weighted by Gasteiger charge is 2.31. The summed E-state index contributed by atoms with van der Waals surface area (Å²) in [4.78, 5) is 25.0. The summed E-state index contributed by atoms with van der Waals surface area (Å²) in [6.07, 6.45) is 0. The van der Waals surface area contributed by atoms with Gasteiger partial charge in [-0.25, -0.2) is 0 Å². The van der Waals surface area contributed by atoms with E-state index in [-0.39, 0.29) is 23.4 Å². The maximum atomic E-state index is 12.0. The summed E-state index contributed by atoms with van der Waals surface area (Å²) in [5.74, 6) is -0.134.